The smallest absolute Gasteiger partial charge is 0.147 e. The summed E-state index contributed by atoms with van der Waals surface area (Å²) in [6, 6.07) is 0. The molecule has 2 rings (SSSR count). The zero-order valence-corrected chi connectivity index (χ0v) is 19.9. The Morgan fingerprint density at radius 2 is 1.08 bits per heavy atom. The number of hydrogen-bond acceptors (Lipinski definition) is 7. The summed E-state index contributed by atoms with van der Waals surface area (Å²) in [6.45, 7) is 8.64. The molecule has 2 aliphatic rings. The van der Waals surface area contributed by atoms with Gasteiger partial charge in [-0.3, -0.25) is 0 Å². The zero-order chi connectivity index (χ0) is 18.1. The number of nitrogens with zero attached hydrogens (tertiary/aromatic N) is 2. The minimum Gasteiger partial charge on any atom is -0.357 e. The van der Waals surface area contributed by atoms with Crippen LogP contribution in [0.25, 0.3) is 0 Å². The second-order valence-electron chi connectivity index (χ2n) is 6.26. The zero-order valence-electron chi connectivity index (χ0n) is 15.0. The molecule has 0 saturated carbocycles. The molecule has 0 bridgehead atoms. The summed E-state index contributed by atoms with van der Waals surface area (Å²) in [4.78, 5) is 4.66. The molecular formula is C16H28N2OS6. The van der Waals surface area contributed by atoms with Crippen molar-refractivity contribution in [3.8, 4) is 0 Å². The van der Waals surface area contributed by atoms with Crippen molar-refractivity contribution >= 4 is 76.3 Å². The number of thiocarbonyl (C=S) groups is 2. The number of rotatable bonds is 6. The molecule has 2 heterocycles. The summed E-state index contributed by atoms with van der Waals surface area (Å²) in [5.41, 5.74) is 0.221. The summed E-state index contributed by atoms with van der Waals surface area (Å²) in [7, 11) is 6.79. The van der Waals surface area contributed by atoms with Gasteiger partial charge in [0.05, 0.1) is 0 Å². The van der Waals surface area contributed by atoms with Crippen molar-refractivity contribution < 1.29 is 4.74 Å². The SMILES string of the molecule is CC(OC(C)SSC(=S)N1CCCCC1)SSC(=S)N1CCCCC1. The molecule has 0 aromatic heterocycles. The van der Waals surface area contributed by atoms with Crippen LogP contribution in [0.1, 0.15) is 52.4 Å². The minimum absolute atomic E-state index is 0.111. The lowest BCUT2D eigenvalue weighted by atomic mass is 10.1. The van der Waals surface area contributed by atoms with Gasteiger partial charge in [-0.1, -0.05) is 46.0 Å². The standard InChI is InChI=1S/C16H28N2OS6/c1-13(22-24-15(20)17-9-5-3-6-10-17)19-14(2)23-25-16(21)18-11-7-4-8-12-18/h13-14H,3-12H2,1-2H3. The first-order valence-corrected chi connectivity index (χ1v) is 14.2. The summed E-state index contributed by atoms with van der Waals surface area (Å²) in [6.07, 6.45) is 7.72. The molecule has 2 saturated heterocycles. The van der Waals surface area contributed by atoms with Gasteiger partial charge in [-0.25, -0.2) is 0 Å². The molecule has 2 atom stereocenters. The molecule has 25 heavy (non-hydrogen) atoms. The largest absolute Gasteiger partial charge is 0.357 e. The fraction of sp³-hybridized carbons (Fsp3) is 0.875. The van der Waals surface area contributed by atoms with E-state index in [4.69, 9.17) is 29.2 Å². The Morgan fingerprint density at radius 3 is 1.44 bits per heavy atom. The molecule has 0 N–H and O–H groups in total. The van der Waals surface area contributed by atoms with Crippen LogP contribution in [0, 0.1) is 0 Å². The van der Waals surface area contributed by atoms with Crippen LogP contribution in [0.5, 0.6) is 0 Å². The first kappa shape index (κ1) is 22.4. The molecule has 0 spiro atoms. The third kappa shape index (κ3) is 8.79. The molecule has 0 amide bonds. The highest BCUT2D eigenvalue weighted by atomic mass is 33.1. The van der Waals surface area contributed by atoms with Crippen LogP contribution in [0.2, 0.25) is 0 Å². The lowest BCUT2D eigenvalue weighted by Gasteiger charge is -2.29. The summed E-state index contributed by atoms with van der Waals surface area (Å²) >= 11 is 11.1. The van der Waals surface area contributed by atoms with Crippen LogP contribution in [0.3, 0.4) is 0 Å². The van der Waals surface area contributed by atoms with Gasteiger partial charge in [0.1, 0.15) is 19.5 Å². The minimum atomic E-state index is 0.111. The van der Waals surface area contributed by atoms with E-state index in [-0.39, 0.29) is 10.9 Å². The quantitative estimate of drug-likeness (QED) is 0.269. The Morgan fingerprint density at radius 1 is 0.720 bits per heavy atom. The average Bonchev–Trinajstić information content (AvgIpc) is 2.65. The van der Waals surface area contributed by atoms with Crippen molar-refractivity contribution in [1.29, 1.82) is 0 Å². The van der Waals surface area contributed by atoms with Crippen LogP contribution in [0.4, 0.5) is 0 Å². The number of likely N-dealkylation sites (tertiary alicyclic amines) is 2. The van der Waals surface area contributed by atoms with Gasteiger partial charge >= 0.3 is 0 Å². The number of piperidine rings is 2. The van der Waals surface area contributed by atoms with E-state index >= 15 is 0 Å². The highest BCUT2D eigenvalue weighted by molar-refractivity contribution is 8.84. The third-order valence-electron chi connectivity index (χ3n) is 4.12. The Balaban J connectivity index is 1.58. The van der Waals surface area contributed by atoms with Crippen molar-refractivity contribution in [3.63, 3.8) is 0 Å². The van der Waals surface area contributed by atoms with Gasteiger partial charge in [0, 0.05) is 26.2 Å². The van der Waals surface area contributed by atoms with Crippen LogP contribution in [-0.4, -0.2) is 55.5 Å². The van der Waals surface area contributed by atoms with Crippen molar-refractivity contribution in [2.24, 2.45) is 0 Å². The van der Waals surface area contributed by atoms with Crippen LogP contribution < -0.4 is 0 Å². The maximum absolute atomic E-state index is 6.05. The summed E-state index contributed by atoms with van der Waals surface area (Å²) in [5, 5.41) is 0. The molecule has 144 valence electrons. The van der Waals surface area contributed by atoms with Crippen molar-refractivity contribution in [2.75, 3.05) is 26.2 Å². The Labute approximate surface area is 179 Å². The Kier molecular flexibility index (Phi) is 11.3. The fourth-order valence-electron chi connectivity index (χ4n) is 2.79. The molecule has 2 fully saturated rings. The van der Waals surface area contributed by atoms with Crippen molar-refractivity contribution in [1.82, 2.24) is 9.80 Å². The lowest BCUT2D eigenvalue weighted by molar-refractivity contribution is 0.115. The van der Waals surface area contributed by atoms with E-state index in [1.54, 1.807) is 43.2 Å². The fourth-order valence-corrected chi connectivity index (χ4v) is 7.58. The van der Waals surface area contributed by atoms with E-state index in [1.165, 1.54) is 38.5 Å². The number of hydrogen-bond donors (Lipinski definition) is 0. The molecule has 9 heteroatoms. The molecule has 0 aromatic rings. The second kappa shape index (κ2) is 12.6. The molecular weight excluding hydrogens is 429 g/mol. The highest BCUT2D eigenvalue weighted by Crippen LogP contribution is 2.36. The Hall–Kier alpha value is 1.14. The monoisotopic (exact) mass is 456 g/mol. The van der Waals surface area contributed by atoms with E-state index < -0.39 is 0 Å². The topological polar surface area (TPSA) is 15.7 Å². The Bertz CT molecular complexity index is 389. The van der Waals surface area contributed by atoms with E-state index in [0.717, 1.165) is 34.8 Å². The molecule has 0 aromatic carbocycles. The van der Waals surface area contributed by atoms with Gasteiger partial charge in [0.25, 0.3) is 0 Å². The highest BCUT2D eigenvalue weighted by Gasteiger charge is 2.18. The van der Waals surface area contributed by atoms with Gasteiger partial charge in [-0.15, -0.1) is 0 Å². The predicted octanol–water partition coefficient (Wildman–Crippen LogP) is 6.00. The van der Waals surface area contributed by atoms with Crippen LogP contribution in [-0.2, 0) is 4.74 Å². The molecule has 0 radical (unpaired) electrons. The van der Waals surface area contributed by atoms with Crippen LogP contribution in [0.15, 0.2) is 0 Å². The maximum atomic E-state index is 6.05. The van der Waals surface area contributed by atoms with Gasteiger partial charge < -0.3 is 14.5 Å². The van der Waals surface area contributed by atoms with Gasteiger partial charge in [-0.2, -0.15) is 0 Å². The average molecular weight is 457 g/mol. The second-order valence-corrected chi connectivity index (χ2v) is 12.5. The molecule has 0 aliphatic carbocycles. The van der Waals surface area contributed by atoms with E-state index in [1.807, 2.05) is 0 Å². The maximum Gasteiger partial charge on any atom is 0.147 e. The molecule has 2 unspecified atom stereocenters. The number of ether oxygens (including phenoxy) is 1. The van der Waals surface area contributed by atoms with E-state index in [0.29, 0.717) is 0 Å². The summed E-state index contributed by atoms with van der Waals surface area (Å²) in [5.74, 6) is 0. The van der Waals surface area contributed by atoms with E-state index in [2.05, 4.69) is 23.6 Å². The van der Waals surface area contributed by atoms with Crippen LogP contribution >= 0.6 is 67.6 Å². The summed E-state index contributed by atoms with van der Waals surface area (Å²) < 4.78 is 8.06. The first-order chi connectivity index (χ1) is 12.1. The third-order valence-corrected chi connectivity index (χ3v) is 10.7. The molecule has 2 aliphatic heterocycles. The van der Waals surface area contributed by atoms with Gasteiger partial charge in [0.15, 0.2) is 0 Å². The predicted molar refractivity (Wildman–Crippen MR) is 126 cm³/mol. The molecule has 3 nitrogen and oxygen atoms in total. The van der Waals surface area contributed by atoms with Gasteiger partial charge in [0.2, 0.25) is 0 Å². The first-order valence-electron chi connectivity index (χ1n) is 8.96. The van der Waals surface area contributed by atoms with Crippen molar-refractivity contribution in [3.05, 3.63) is 0 Å². The van der Waals surface area contributed by atoms with E-state index in [9.17, 15) is 0 Å². The van der Waals surface area contributed by atoms with Gasteiger partial charge in [-0.05, 0) is 74.0 Å². The normalized spacial score (nSPS) is 21.0. The van der Waals surface area contributed by atoms with Crippen molar-refractivity contribution in [2.45, 2.75) is 63.2 Å². The lowest BCUT2D eigenvalue weighted by Crippen LogP contribution is -2.32.